The summed E-state index contributed by atoms with van der Waals surface area (Å²) in [6.45, 7) is 0. The highest BCUT2D eigenvalue weighted by molar-refractivity contribution is 6.11. The largest absolute Gasteiger partial charge is 0.308 e. The molecule has 0 fully saturated rings. The molecule has 46 heavy (non-hydrogen) atoms. The van der Waals surface area contributed by atoms with Crippen molar-refractivity contribution in [3.8, 4) is 46.8 Å². The third-order valence-corrected chi connectivity index (χ3v) is 8.65. The first-order valence-corrected chi connectivity index (χ1v) is 14.6. The van der Waals surface area contributed by atoms with Crippen LogP contribution in [0.3, 0.4) is 0 Å². The molecule has 2 heterocycles. The standard InChI is InChI=1S/C40H20N6/c41-21-25-12-15-38-33(18-25)31-7-1-3-10-36(31)45(38)35-17-14-27(20-29(35)24-44)30-9-5-6-28(23-43)40(30)46-37-11-4-2-8-32(37)34-19-26(22-42)13-16-39(34)46/h1-20H. The summed E-state index contributed by atoms with van der Waals surface area (Å²) in [7, 11) is 0. The summed E-state index contributed by atoms with van der Waals surface area (Å²) in [6.07, 6.45) is 0. The second-order valence-corrected chi connectivity index (χ2v) is 11.0. The predicted molar refractivity (Wildman–Crippen MR) is 179 cm³/mol. The van der Waals surface area contributed by atoms with Gasteiger partial charge < -0.3 is 9.13 Å². The van der Waals surface area contributed by atoms with Gasteiger partial charge in [-0.2, -0.15) is 21.0 Å². The van der Waals surface area contributed by atoms with Gasteiger partial charge in [0, 0.05) is 27.1 Å². The fraction of sp³-hybridized carbons (Fsp3) is 0. The summed E-state index contributed by atoms with van der Waals surface area (Å²) in [4.78, 5) is 0. The Labute approximate surface area is 263 Å². The Balaban J connectivity index is 1.40. The van der Waals surface area contributed by atoms with Crippen LogP contribution in [0.15, 0.2) is 121 Å². The van der Waals surface area contributed by atoms with E-state index in [-0.39, 0.29) is 0 Å². The number of rotatable bonds is 3. The zero-order valence-electron chi connectivity index (χ0n) is 24.2. The number of nitriles is 4. The highest BCUT2D eigenvalue weighted by Crippen LogP contribution is 2.40. The van der Waals surface area contributed by atoms with E-state index < -0.39 is 0 Å². The molecule has 0 atom stereocenters. The molecule has 0 radical (unpaired) electrons. The van der Waals surface area contributed by atoms with Gasteiger partial charge in [0.1, 0.15) is 12.1 Å². The summed E-state index contributed by atoms with van der Waals surface area (Å²) in [5.74, 6) is 0. The number of hydrogen-bond donors (Lipinski definition) is 0. The Bertz CT molecular complexity index is 2750. The van der Waals surface area contributed by atoms with E-state index in [0.29, 0.717) is 27.9 Å². The van der Waals surface area contributed by atoms with Gasteiger partial charge in [-0.25, -0.2) is 0 Å². The van der Waals surface area contributed by atoms with E-state index in [0.717, 1.165) is 60.4 Å². The van der Waals surface area contributed by atoms with Crippen LogP contribution in [-0.4, -0.2) is 9.13 Å². The van der Waals surface area contributed by atoms with Crippen molar-refractivity contribution < 1.29 is 0 Å². The van der Waals surface area contributed by atoms with Crippen LogP contribution in [0, 0.1) is 45.3 Å². The highest BCUT2D eigenvalue weighted by Gasteiger charge is 2.21. The van der Waals surface area contributed by atoms with Crippen LogP contribution < -0.4 is 0 Å². The van der Waals surface area contributed by atoms with Gasteiger partial charge in [0.25, 0.3) is 0 Å². The Hall–Kier alpha value is -7.12. The summed E-state index contributed by atoms with van der Waals surface area (Å²) in [5.41, 5.74) is 8.75. The van der Waals surface area contributed by atoms with Crippen molar-refractivity contribution in [2.24, 2.45) is 0 Å². The van der Waals surface area contributed by atoms with Crippen LogP contribution in [0.2, 0.25) is 0 Å². The third kappa shape index (κ3) is 3.79. The average molecular weight is 585 g/mol. The molecular weight excluding hydrogens is 564 g/mol. The number of hydrogen-bond acceptors (Lipinski definition) is 4. The van der Waals surface area contributed by atoms with E-state index >= 15 is 0 Å². The van der Waals surface area contributed by atoms with Crippen LogP contribution in [-0.2, 0) is 0 Å². The molecular formula is C40H20N6. The fourth-order valence-corrected chi connectivity index (χ4v) is 6.68. The van der Waals surface area contributed by atoms with Crippen molar-refractivity contribution in [1.82, 2.24) is 9.13 Å². The fourth-order valence-electron chi connectivity index (χ4n) is 6.68. The maximum Gasteiger partial charge on any atom is 0.101 e. The smallest absolute Gasteiger partial charge is 0.101 e. The molecule has 0 aliphatic heterocycles. The van der Waals surface area contributed by atoms with Gasteiger partial charge in [-0.3, -0.25) is 0 Å². The van der Waals surface area contributed by atoms with Gasteiger partial charge in [-0.05, 0) is 72.3 Å². The molecule has 0 saturated heterocycles. The molecule has 0 unspecified atom stereocenters. The van der Waals surface area contributed by atoms with E-state index in [1.807, 2.05) is 103 Å². The quantitative estimate of drug-likeness (QED) is 0.207. The van der Waals surface area contributed by atoms with Gasteiger partial charge in [-0.1, -0.05) is 54.6 Å². The first-order valence-electron chi connectivity index (χ1n) is 14.6. The maximum atomic E-state index is 10.5. The van der Waals surface area contributed by atoms with Crippen LogP contribution in [0.25, 0.3) is 66.1 Å². The van der Waals surface area contributed by atoms with Crippen molar-refractivity contribution in [1.29, 1.82) is 21.0 Å². The molecule has 2 aromatic heterocycles. The summed E-state index contributed by atoms with van der Waals surface area (Å²) >= 11 is 0. The molecule has 6 nitrogen and oxygen atoms in total. The summed E-state index contributed by atoms with van der Waals surface area (Å²) < 4.78 is 4.15. The van der Waals surface area contributed by atoms with E-state index in [4.69, 9.17) is 0 Å². The maximum absolute atomic E-state index is 10.5. The molecule has 0 bridgehead atoms. The molecule has 0 saturated carbocycles. The Morgan fingerprint density at radius 2 is 0.978 bits per heavy atom. The number of benzene rings is 6. The molecule has 0 N–H and O–H groups in total. The number of fused-ring (bicyclic) bond motifs is 6. The SMILES string of the molecule is N#Cc1ccc2c(c1)c1ccccc1n2-c1ccc(-c2cccc(C#N)c2-n2c3ccccc3c3cc(C#N)ccc32)cc1C#N. The van der Waals surface area contributed by atoms with E-state index in [1.54, 1.807) is 18.2 Å². The molecule has 0 spiro atoms. The van der Waals surface area contributed by atoms with Crippen LogP contribution in [0.5, 0.6) is 0 Å². The molecule has 8 rings (SSSR count). The normalized spacial score (nSPS) is 11.0. The van der Waals surface area contributed by atoms with E-state index in [1.165, 1.54) is 0 Å². The lowest BCUT2D eigenvalue weighted by atomic mass is 9.97. The zero-order chi connectivity index (χ0) is 31.4. The molecule has 8 aromatic rings. The first-order chi connectivity index (χ1) is 22.6. The molecule has 0 aliphatic carbocycles. The second kappa shape index (κ2) is 10.3. The van der Waals surface area contributed by atoms with Gasteiger partial charge >= 0.3 is 0 Å². The molecule has 6 aromatic carbocycles. The monoisotopic (exact) mass is 584 g/mol. The van der Waals surface area contributed by atoms with Gasteiger partial charge in [-0.15, -0.1) is 0 Å². The number of nitrogens with zero attached hydrogens (tertiary/aromatic N) is 6. The van der Waals surface area contributed by atoms with Crippen LogP contribution >= 0.6 is 0 Å². The predicted octanol–water partition coefficient (Wildman–Crippen LogP) is 9.03. The second-order valence-electron chi connectivity index (χ2n) is 11.0. The lowest BCUT2D eigenvalue weighted by Gasteiger charge is -2.17. The van der Waals surface area contributed by atoms with Gasteiger partial charge in [0.15, 0.2) is 0 Å². The topological polar surface area (TPSA) is 105 Å². The van der Waals surface area contributed by atoms with Crippen molar-refractivity contribution in [3.63, 3.8) is 0 Å². The highest BCUT2D eigenvalue weighted by atomic mass is 15.0. The minimum Gasteiger partial charge on any atom is -0.308 e. The van der Waals surface area contributed by atoms with Crippen LogP contribution in [0.1, 0.15) is 22.3 Å². The number of para-hydroxylation sites is 3. The summed E-state index contributed by atoms with van der Waals surface area (Å²) in [5, 5.41) is 43.9. The zero-order valence-corrected chi connectivity index (χ0v) is 24.2. The third-order valence-electron chi connectivity index (χ3n) is 8.65. The Morgan fingerprint density at radius 3 is 1.59 bits per heavy atom. The summed E-state index contributed by atoms with van der Waals surface area (Å²) in [6, 6.07) is 47.9. The van der Waals surface area contributed by atoms with Crippen molar-refractivity contribution in [2.75, 3.05) is 0 Å². The van der Waals surface area contributed by atoms with E-state index in [9.17, 15) is 21.0 Å². The molecule has 6 heteroatoms. The lowest BCUT2D eigenvalue weighted by molar-refractivity contribution is 1.16. The van der Waals surface area contributed by atoms with Crippen molar-refractivity contribution in [3.05, 3.63) is 144 Å². The van der Waals surface area contributed by atoms with Crippen molar-refractivity contribution in [2.45, 2.75) is 0 Å². The van der Waals surface area contributed by atoms with Gasteiger partial charge in [0.05, 0.1) is 67.8 Å². The Kier molecular flexibility index (Phi) is 5.91. The number of aromatic nitrogens is 2. The van der Waals surface area contributed by atoms with E-state index in [2.05, 4.69) is 33.4 Å². The molecule has 210 valence electrons. The first kappa shape index (κ1) is 26.5. The average Bonchev–Trinajstić information content (AvgIpc) is 3.62. The molecule has 0 aliphatic rings. The van der Waals surface area contributed by atoms with Crippen molar-refractivity contribution >= 4 is 43.6 Å². The minimum atomic E-state index is 0.471. The Morgan fingerprint density at radius 1 is 0.413 bits per heavy atom. The van der Waals surface area contributed by atoms with Gasteiger partial charge in [0.2, 0.25) is 0 Å². The van der Waals surface area contributed by atoms with Crippen LogP contribution in [0.4, 0.5) is 0 Å². The molecule has 0 amide bonds. The lowest BCUT2D eigenvalue weighted by Crippen LogP contribution is -2.02. The minimum absolute atomic E-state index is 0.471.